The molecule has 5 nitrogen and oxygen atoms in total. The molecule has 0 saturated heterocycles. The fourth-order valence-corrected chi connectivity index (χ4v) is 2.16. The number of carbonyl (C=O) groups excluding carboxylic acids is 1. The predicted octanol–water partition coefficient (Wildman–Crippen LogP) is 2.57. The molecule has 2 aromatic rings. The van der Waals surface area contributed by atoms with Crippen LogP contribution in [0.3, 0.4) is 0 Å². The number of nitrogens with two attached hydrogens (primary N) is 1. The number of carbonyl (C=O) groups is 1. The van der Waals surface area contributed by atoms with Crippen molar-refractivity contribution in [2.75, 3.05) is 6.54 Å². The van der Waals surface area contributed by atoms with E-state index in [4.69, 9.17) is 5.73 Å². The number of halogens is 1. The van der Waals surface area contributed by atoms with Crippen LogP contribution in [-0.4, -0.2) is 22.2 Å². The SMILES string of the molecule is Cl.Cn1nc(C(C)(C)C)cc1C(=O)NCC(N)c1ccccc1. The van der Waals surface area contributed by atoms with Crippen molar-refractivity contribution in [1.29, 1.82) is 0 Å². The zero-order valence-corrected chi connectivity index (χ0v) is 14.9. The second-order valence-electron chi connectivity index (χ2n) is 6.52. The quantitative estimate of drug-likeness (QED) is 0.901. The van der Waals surface area contributed by atoms with Gasteiger partial charge in [-0.15, -0.1) is 12.4 Å². The zero-order chi connectivity index (χ0) is 16.3. The molecule has 1 amide bonds. The Morgan fingerprint density at radius 3 is 2.43 bits per heavy atom. The highest BCUT2D eigenvalue weighted by Crippen LogP contribution is 2.21. The summed E-state index contributed by atoms with van der Waals surface area (Å²) >= 11 is 0. The van der Waals surface area contributed by atoms with E-state index in [9.17, 15) is 4.79 Å². The van der Waals surface area contributed by atoms with Crippen LogP contribution in [0.15, 0.2) is 36.4 Å². The first-order chi connectivity index (χ1) is 10.3. The topological polar surface area (TPSA) is 72.9 Å². The lowest BCUT2D eigenvalue weighted by atomic mass is 9.92. The third-order valence-corrected chi connectivity index (χ3v) is 3.59. The molecule has 0 bridgehead atoms. The predicted molar refractivity (Wildman–Crippen MR) is 94.9 cm³/mol. The van der Waals surface area contributed by atoms with Gasteiger partial charge in [0.15, 0.2) is 0 Å². The molecule has 126 valence electrons. The van der Waals surface area contributed by atoms with Crippen LogP contribution >= 0.6 is 12.4 Å². The molecular formula is C17H25ClN4O. The van der Waals surface area contributed by atoms with Gasteiger partial charge in [0.2, 0.25) is 0 Å². The highest BCUT2D eigenvalue weighted by molar-refractivity contribution is 5.92. The van der Waals surface area contributed by atoms with Crippen molar-refractivity contribution in [2.45, 2.75) is 32.2 Å². The second-order valence-corrected chi connectivity index (χ2v) is 6.52. The van der Waals surface area contributed by atoms with Gasteiger partial charge >= 0.3 is 0 Å². The maximum absolute atomic E-state index is 12.3. The van der Waals surface area contributed by atoms with Crippen molar-refractivity contribution >= 4 is 18.3 Å². The Labute approximate surface area is 143 Å². The molecule has 1 aromatic carbocycles. The minimum Gasteiger partial charge on any atom is -0.349 e. The Morgan fingerprint density at radius 1 is 1.30 bits per heavy atom. The minimum atomic E-state index is -0.222. The van der Waals surface area contributed by atoms with Gasteiger partial charge < -0.3 is 11.1 Å². The van der Waals surface area contributed by atoms with Gasteiger partial charge in [0.05, 0.1) is 5.69 Å². The molecule has 1 aromatic heterocycles. The molecule has 1 unspecified atom stereocenters. The summed E-state index contributed by atoms with van der Waals surface area (Å²) in [5.74, 6) is -0.156. The van der Waals surface area contributed by atoms with Gasteiger partial charge in [-0.25, -0.2) is 0 Å². The molecule has 0 aliphatic carbocycles. The third-order valence-electron chi connectivity index (χ3n) is 3.59. The number of nitrogens with zero attached hydrogens (tertiary/aromatic N) is 2. The Kier molecular flexibility index (Phi) is 6.36. The van der Waals surface area contributed by atoms with Crippen LogP contribution in [0.5, 0.6) is 0 Å². The average Bonchev–Trinajstić information content (AvgIpc) is 2.87. The van der Waals surface area contributed by atoms with Crippen molar-refractivity contribution in [3.05, 3.63) is 53.3 Å². The number of nitrogens with one attached hydrogen (secondary N) is 1. The molecule has 0 aliphatic heterocycles. The largest absolute Gasteiger partial charge is 0.349 e. The van der Waals surface area contributed by atoms with Gasteiger partial charge in [-0.2, -0.15) is 5.10 Å². The summed E-state index contributed by atoms with van der Waals surface area (Å²) in [6.45, 7) is 6.60. The smallest absolute Gasteiger partial charge is 0.269 e. The second kappa shape index (κ2) is 7.62. The molecular weight excluding hydrogens is 312 g/mol. The fourth-order valence-electron chi connectivity index (χ4n) is 2.16. The van der Waals surface area contributed by atoms with E-state index in [1.807, 2.05) is 36.4 Å². The summed E-state index contributed by atoms with van der Waals surface area (Å²) in [4.78, 5) is 12.3. The van der Waals surface area contributed by atoms with Crippen LogP contribution in [-0.2, 0) is 12.5 Å². The van der Waals surface area contributed by atoms with Gasteiger partial charge in [0.25, 0.3) is 5.91 Å². The summed E-state index contributed by atoms with van der Waals surface area (Å²) in [5, 5.41) is 7.29. The number of amides is 1. The van der Waals surface area contributed by atoms with Crippen LogP contribution in [0.4, 0.5) is 0 Å². The van der Waals surface area contributed by atoms with Crippen LogP contribution in [0.25, 0.3) is 0 Å². The van der Waals surface area contributed by atoms with E-state index in [1.54, 1.807) is 11.7 Å². The Hall–Kier alpha value is -1.85. The van der Waals surface area contributed by atoms with Crippen LogP contribution < -0.4 is 11.1 Å². The first kappa shape index (κ1) is 19.2. The lowest BCUT2D eigenvalue weighted by Crippen LogP contribution is -2.32. The van der Waals surface area contributed by atoms with Gasteiger partial charge in [-0.05, 0) is 11.6 Å². The number of aromatic nitrogens is 2. The van der Waals surface area contributed by atoms with Crippen molar-refractivity contribution in [2.24, 2.45) is 12.8 Å². The average molecular weight is 337 g/mol. The number of aryl methyl sites for hydroxylation is 1. The standard InChI is InChI=1S/C17H24N4O.ClH/c1-17(2,3)15-10-14(21(4)20-15)16(22)19-11-13(18)12-8-6-5-7-9-12;/h5-10,13H,11,18H2,1-4H3,(H,19,22);1H. The molecule has 6 heteroatoms. The maximum Gasteiger partial charge on any atom is 0.269 e. The number of rotatable bonds is 4. The Balaban J connectivity index is 0.00000264. The molecule has 0 spiro atoms. The summed E-state index contributed by atoms with van der Waals surface area (Å²) < 4.78 is 1.62. The first-order valence-corrected chi connectivity index (χ1v) is 7.42. The van der Waals surface area contributed by atoms with Gasteiger partial charge in [-0.1, -0.05) is 51.1 Å². The highest BCUT2D eigenvalue weighted by Gasteiger charge is 2.21. The van der Waals surface area contributed by atoms with Gasteiger partial charge in [0.1, 0.15) is 5.69 Å². The molecule has 1 heterocycles. The Bertz CT molecular complexity index is 646. The summed E-state index contributed by atoms with van der Waals surface area (Å²) in [5.41, 5.74) is 8.46. The summed E-state index contributed by atoms with van der Waals surface area (Å²) in [7, 11) is 1.78. The molecule has 0 aliphatic rings. The van der Waals surface area contributed by atoms with E-state index >= 15 is 0 Å². The van der Waals surface area contributed by atoms with E-state index in [1.165, 1.54) is 0 Å². The number of hydrogen-bond donors (Lipinski definition) is 2. The normalized spacial score (nSPS) is 12.4. The van der Waals surface area contributed by atoms with Crippen molar-refractivity contribution < 1.29 is 4.79 Å². The van der Waals surface area contributed by atoms with Crippen LogP contribution in [0.2, 0.25) is 0 Å². The molecule has 0 fully saturated rings. The fraction of sp³-hybridized carbons (Fsp3) is 0.412. The molecule has 3 N–H and O–H groups in total. The van der Waals surface area contributed by atoms with Gasteiger partial charge in [-0.3, -0.25) is 9.48 Å². The van der Waals surface area contributed by atoms with Crippen molar-refractivity contribution in [1.82, 2.24) is 15.1 Å². The lowest BCUT2D eigenvalue weighted by molar-refractivity contribution is 0.0942. The van der Waals surface area contributed by atoms with Gasteiger partial charge in [0, 0.05) is 25.0 Å². The monoisotopic (exact) mass is 336 g/mol. The maximum atomic E-state index is 12.3. The highest BCUT2D eigenvalue weighted by atomic mass is 35.5. The summed E-state index contributed by atoms with van der Waals surface area (Å²) in [6.07, 6.45) is 0. The van der Waals surface area contributed by atoms with E-state index in [0.29, 0.717) is 12.2 Å². The van der Waals surface area contributed by atoms with Crippen LogP contribution in [0.1, 0.15) is 48.6 Å². The zero-order valence-electron chi connectivity index (χ0n) is 14.0. The molecule has 0 radical (unpaired) electrons. The van der Waals surface area contributed by atoms with E-state index in [-0.39, 0.29) is 29.8 Å². The number of benzene rings is 1. The molecule has 2 rings (SSSR count). The summed E-state index contributed by atoms with van der Waals surface area (Å²) in [6, 6.07) is 11.3. The van der Waals surface area contributed by atoms with E-state index in [2.05, 4.69) is 31.2 Å². The first-order valence-electron chi connectivity index (χ1n) is 7.42. The number of hydrogen-bond acceptors (Lipinski definition) is 3. The van der Waals surface area contributed by atoms with Crippen molar-refractivity contribution in [3.8, 4) is 0 Å². The minimum absolute atomic E-state index is 0. The van der Waals surface area contributed by atoms with E-state index in [0.717, 1.165) is 11.3 Å². The molecule has 0 saturated carbocycles. The lowest BCUT2D eigenvalue weighted by Gasteiger charge is -2.13. The Morgan fingerprint density at radius 2 is 1.91 bits per heavy atom. The van der Waals surface area contributed by atoms with Crippen molar-refractivity contribution in [3.63, 3.8) is 0 Å². The van der Waals surface area contributed by atoms with E-state index < -0.39 is 0 Å². The molecule has 23 heavy (non-hydrogen) atoms. The molecule has 1 atom stereocenters. The third kappa shape index (κ3) is 4.81. The van der Waals surface area contributed by atoms with Crippen LogP contribution in [0, 0.1) is 0 Å².